The molecule has 0 aromatic rings. The Morgan fingerprint density at radius 2 is 1.71 bits per heavy atom. The summed E-state index contributed by atoms with van der Waals surface area (Å²) < 4.78 is 0. The first-order chi connectivity index (χ1) is 6.40. The zero-order valence-electron chi connectivity index (χ0n) is 7.98. The van der Waals surface area contributed by atoms with Crippen molar-refractivity contribution in [2.75, 3.05) is 0 Å². The smallest absolute Gasteiger partial charge is 0.325 e. The number of carboxylic acid groups (broad SMARTS) is 2. The fourth-order valence-electron chi connectivity index (χ4n) is 0.848. The minimum Gasteiger partial charge on any atom is -0.481 e. The Kier molecular flexibility index (Phi) is 4.62. The second kappa shape index (κ2) is 5.21. The summed E-state index contributed by atoms with van der Waals surface area (Å²) in [6, 6.07) is -1.07. The van der Waals surface area contributed by atoms with Crippen LogP contribution in [0.5, 0.6) is 0 Å². The third-order valence-electron chi connectivity index (χ3n) is 1.75. The molecule has 0 rings (SSSR count). The summed E-state index contributed by atoms with van der Waals surface area (Å²) in [5, 5.41) is 19.1. The van der Waals surface area contributed by atoms with Crippen molar-refractivity contribution in [2.45, 2.75) is 26.3 Å². The van der Waals surface area contributed by atoms with E-state index in [0.717, 1.165) is 0 Å². The molecule has 0 fully saturated rings. The van der Waals surface area contributed by atoms with Gasteiger partial charge in [0.15, 0.2) is 0 Å². The van der Waals surface area contributed by atoms with Crippen molar-refractivity contribution < 1.29 is 24.6 Å². The molecule has 0 aliphatic carbocycles. The van der Waals surface area contributed by atoms with E-state index in [4.69, 9.17) is 10.2 Å². The molecule has 0 saturated heterocycles. The van der Waals surface area contributed by atoms with Crippen LogP contribution in [-0.4, -0.2) is 34.1 Å². The summed E-state index contributed by atoms with van der Waals surface area (Å²) in [4.78, 5) is 32.0. The minimum absolute atomic E-state index is 0.132. The lowest BCUT2D eigenvalue weighted by Gasteiger charge is -2.13. The summed E-state index contributed by atoms with van der Waals surface area (Å²) in [6.45, 7) is 2.82. The van der Waals surface area contributed by atoms with Crippen molar-refractivity contribution in [3.05, 3.63) is 0 Å². The topological polar surface area (TPSA) is 104 Å². The van der Waals surface area contributed by atoms with E-state index < -0.39 is 29.8 Å². The molecule has 0 aliphatic heterocycles. The van der Waals surface area contributed by atoms with Crippen LogP contribution in [0.25, 0.3) is 0 Å². The average Bonchev–Trinajstić information content (AvgIpc) is 2.04. The summed E-state index contributed by atoms with van der Waals surface area (Å²) in [6.07, 6.45) is 0.132. The van der Waals surface area contributed by atoms with E-state index in [9.17, 15) is 14.4 Å². The number of carbonyl (C=O) groups excluding carboxylic acids is 1. The largest absolute Gasteiger partial charge is 0.481 e. The second-order valence-electron chi connectivity index (χ2n) is 2.87. The van der Waals surface area contributed by atoms with E-state index in [-0.39, 0.29) is 6.42 Å². The van der Waals surface area contributed by atoms with Crippen LogP contribution < -0.4 is 5.32 Å². The molecule has 2 unspecified atom stereocenters. The summed E-state index contributed by atoms with van der Waals surface area (Å²) in [5.74, 6) is -4.40. The van der Waals surface area contributed by atoms with Crippen LogP contribution in [0.1, 0.15) is 20.3 Å². The number of hydrogen-bond donors (Lipinski definition) is 3. The number of aliphatic carboxylic acids is 2. The summed E-state index contributed by atoms with van der Waals surface area (Å²) in [7, 11) is 0. The molecule has 1 amide bonds. The highest BCUT2D eigenvalue weighted by atomic mass is 16.4. The highest BCUT2D eigenvalue weighted by molar-refractivity contribution is 5.98. The fourth-order valence-corrected chi connectivity index (χ4v) is 0.848. The van der Waals surface area contributed by atoms with Crippen molar-refractivity contribution >= 4 is 17.8 Å². The van der Waals surface area contributed by atoms with Gasteiger partial charge < -0.3 is 15.5 Å². The van der Waals surface area contributed by atoms with Gasteiger partial charge in [0, 0.05) is 0 Å². The molecule has 2 atom stereocenters. The average molecular weight is 203 g/mol. The lowest BCUT2D eigenvalue weighted by Crippen LogP contribution is -2.43. The maximum Gasteiger partial charge on any atom is 0.325 e. The molecule has 80 valence electrons. The molecular weight excluding hydrogens is 190 g/mol. The van der Waals surface area contributed by atoms with E-state index in [1.165, 1.54) is 6.92 Å². The molecule has 6 heteroatoms. The van der Waals surface area contributed by atoms with E-state index in [1.54, 1.807) is 6.92 Å². The first-order valence-corrected chi connectivity index (χ1v) is 4.16. The number of amides is 1. The number of rotatable bonds is 5. The number of hydrogen-bond acceptors (Lipinski definition) is 3. The van der Waals surface area contributed by atoms with Gasteiger partial charge in [-0.25, -0.2) is 0 Å². The first-order valence-electron chi connectivity index (χ1n) is 4.16. The molecule has 0 bridgehead atoms. The van der Waals surface area contributed by atoms with Gasteiger partial charge in [0.1, 0.15) is 12.0 Å². The third kappa shape index (κ3) is 3.42. The van der Waals surface area contributed by atoms with Gasteiger partial charge in [0.25, 0.3) is 0 Å². The first kappa shape index (κ1) is 12.4. The second-order valence-corrected chi connectivity index (χ2v) is 2.87. The van der Waals surface area contributed by atoms with Gasteiger partial charge in [-0.2, -0.15) is 0 Å². The molecule has 14 heavy (non-hydrogen) atoms. The SMILES string of the molecule is CCC(C(=O)O)C(=O)NC(C)C(=O)O. The van der Waals surface area contributed by atoms with Crippen molar-refractivity contribution in [3.63, 3.8) is 0 Å². The fraction of sp³-hybridized carbons (Fsp3) is 0.625. The number of carbonyl (C=O) groups is 3. The molecule has 0 radical (unpaired) electrons. The Balaban J connectivity index is 4.32. The molecule has 0 aliphatic rings. The zero-order chi connectivity index (χ0) is 11.3. The lowest BCUT2D eigenvalue weighted by atomic mass is 10.1. The van der Waals surface area contributed by atoms with Crippen molar-refractivity contribution in [2.24, 2.45) is 5.92 Å². The van der Waals surface area contributed by atoms with Crippen LogP contribution in [0, 0.1) is 5.92 Å². The van der Waals surface area contributed by atoms with E-state index in [2.05, 4.69) is 5.32 Å². The van der Waals surface area contributed by atoms with E-state index in [0.29, 0.717) is 0 Å². The van der Waals surface area contributed by atoms with Gasteiger partial charge >= 0.3 is 11.9 Å². The van der Waals surface area contributed by atoms with Gasteiger partial charge in [-0.15, -0.1) is 0 Å². The summed E-state index contributed by atoms with van der Waals surface area (Å²) in [5.41, 5.74) is 0. The van der Waals surface area contributed by atoms with Crippen molar-refractivity contribution in [1.82, 2.24) is 5.32 Å². The van der Waals surface area contributed by atoms with Crippen LogP contribution in [0.3, 0.4) is 0 Å². The van der Waals surface area contributed by atoms with Crippen LogP contribution in [0.15, 0.2) is 0 Å². The van der Waals surface area contributed by atoms with Crippen LogP contribution in [0.4, 0.5) is 0 Å². The molecule has 0 aromatic heterocycles. The van der Waals surface area contributed by atoms with E-state index >= 15 is 0 Å². The standard InChI is InChI=1S/C8H13NO5/c1-3-5(8(13)14)6(10)9-4(2)7(11)12/h4-5H,3H2,1-2H3,(H,9,10)(H,11,12)(H,13,14). The predicted octanol–water partition coefficient (Wildman–Crippen LogP) is -0.313. The lowest BCUT2D eigenvalue weighted by molar-refractivity contribution is -0.149. The summed E-state index contributed by atoms with van der Waals surface area (Å²) >= 11 is 0. The van der Waals surface area contributed by atoms with Gasteiger partial charge in [-0.3, -0.25) is 14.4 Å². The third-order valence-corrected chi connectivity index (χ3v) is 1.75. The monoisotopic (exact) mass is 203 g/mol. The minimum atomic E-state index is -1.25. The normalized spacial score (nSPS) is 14.1. The molecule has 0 heterocycles. The van der Waals surface area contributed by atoms with Crippen molar-refractivity contribution in [3.8, 4) is 0 Å². The Morgan fingerprint density at radius 1 is 1.21 bits per heavy atom. The maximum atomic E-state index is 11.2. The molecule has 0 spiro atoms. The quantitative estimate of drug-likeness (QED) is 0.531. The van der Waals surface area contributed by atoms with E-state index in [1.807, 2.05) is 0 Å². The predicted molar refractivity (Wildman–Crippen MR) is 46.7 cm³/mol. The molecule has 0 saturated carbocycles. The van der Waals surface area contributed by atoms with Crippen LogP contribution in [0.2, 0.25) is 0 Å². The Bertz CT molecular complexity index is 250. The molecule has 6 nitrogen and oxygen atoms in total. The van der Waals surface area contributed by atoms with Crippen LogP contribution in [-0.2, 0) is 14.4 Å². The highest BCUT2D eigenvalue weighted by Gasteiger charge is 2.26. The van der Waals surface area contributed by atoms with Gasteiger partial charge in [-0.1, -0.05) is 6.92 Å². The highest BCUT2D eigenvalue weighted by Crippen LogP contribution is 2.03. The van der Waals surface area contributed by atoms with Gasteiger partial charge in [-0.05, 0) is 13.3 Å². The number of nitrogens with one attached hydrogen (secondary N) is 1. The maximum absolute atomic E-state index is 11.2. The van der Waals surface area contributed by atoms with Gasteiger partial charge in [0.2, 0.25) is 5.91 Å². The Morgan fingerprint density at radius 3 is 2.00 bits per heavy atom. The molecule has 0 aromatic carbocycles. The van der Waals surface area contributed by atoms with Crippen molar-refractivity contribution in [1.29, 1.82) is 0 Å². The molecule has 3 N–H and O–H groups in total. The number of carboxylic acids is 2. The van der Waals surface area contributed by atoms with Gasteiger partial charge in [0.05, 0.1) is 0 Å². The zero-order valence-corrected chi connectivity index (χ0v) is 7.98. The molecular formula is C8H13NO5. The Labute approximate surface area is 80.9 Å². The van der Waals surface area contributed by atoms with Crippen LogP contribution >= 0.6 is 0 Å². The Hall–Kier alpha value is -1.59.